The van der Waals surface area contributed by atoms with Gasteiger partial charge < -0.3 is 14.8 Å². The van der Waals surface area contributed by atoms with Gasteiger partial charge in [0.2, 0.25) is 0 Å². The Kier molecular flexibility index (Phi) is 4.03. The Labute approximate surface area is 126 Å². The maximum absolute atomic E-state index is 8.83. The van der Waals surface area contributed by atoms with Gasteiger partial charge in [-0.3, -0.25) is 0 Å². The molecule has 1 heterocycles. The molecule has 4 nitrogen and oxygen atoms in total. The van der Waals surface area contributed by atoms with Gasteiger partial charge in [0, 0.05) is 23.5 Å². The van der Waals surface area contributed by atoms with Crippen LogP contribution >= 0.6 is 0 Å². The number of hydrogen-bond donors (Lipinski definition) is 1. The Morgan fingerprint density at radius 3 is 3.05 bits per heavy atom. The molecule has 3 rings (SSSR count). The van der Waals surface area contributed by atoms with E-state index < -0.39 is 0 Å². The van der Waals surface area contributed by atoms with Gasteiger partial charge in [-0.15, -0.1) is 0 Å². The van der Waals surface area contributed by atoms with Crippen LogP contribution in [-0.4, -0.2) is 19.8 Å². The molecule has 0 radical (unpaired) electrons. The summed E-state index contributed by atoms with van der Waals surface area (Å²) in [5.74, 6) is 1.76. The van der Waals surface area contributed by atoms with E-state index in [-0.39, 0.29) is 5.41 Å². The molecule has 0 amide bonds. The van der Waals surface area contributed by atoms with E-state index in [1.807, 2.05) is 12.1 Å². The topological polar surface area (TPSA) is 54.3 Å². The Morgan fingerprint density at radius 2 is 2.33 bits per heavy atom. The molecule has 0 aromatic heterocycles. The molecule has 1 unspecified atom stereocenters. The van der Waals surface area contributed by atoms with Crippen LogP contribution in [-0.2, 0) is 0 Å². The highest BCUT2D eigenvalue weighted by atomic mass is 16.5. The summed E-state index contributed by atoms with van der Waals surface area (Å²) in [6.45, 7) is 4.49. The highest BCUT2D eigenvalue weighted by Crippen LogP contribution is 2.49. The summed E-state index contributed by atoms with van der Waals surface area (Å²) in [6, 6.07) is 8.63. The number of nitrogens with one attached hydrogen (secondary N) is 1. The molecule has 1 N–H and O–H groups in total. The summed E-state index contributed by atoms with van der Waals surface area (Å²) in [6.07, 6.45) is 3.92. The van der Waals surface area contributed by atoms with Crippen molar-refractivity contribution in [2.24, 2.45) is 5.41 Å². The first-order chi connectivity index (χ1) is 10.3. The van der Waals surface area contributed by atoms with E-state index in [2.05, 4.69) is 24.4 Å². The molecule has 2 aliphatic rings. The van der Waals surface area contributed by atoms with Crippen LogP contribution in [0.1, 0.15) is 44.2 Å². The van der Waals surface area contributed by atoms with Crippen molar-refractivity contribution in [2.45, 2.75) is 38.6 Å². The fraction of sp³-hybridized carbons (Fsp3) is 0.588. The Bertz CT molecular complexity index is 546. The number of hydrogen-bond acceptors (Lipinski definition) is 4. The Hall–Kier alpha value is -1.73. The monoisotopic (exact) mass is 286 g/mol. The number of nitriles is 1. The summed E-state index contributed by atoms with van der Waals surface area (Å²) >= 11 is 0. The van der Waals surface area contributed by atoms with E-state index in [4.69, 9.17) is 14.7 Å². The zero-order chi connectivity index (χ0) is 14.7. The van der Waals surface area contributed by atoms with Crippen LogP contribution < -0.4 is 14.8 Å². The lowest BCUT2D eigenvalue weighted by molar-refractivity contribution is 0.235. The molecular weight excluding hydrogens is 264 g/mol. The van der Waals surface area contributed by atoms with E-state index >= 15 is 0 Å². The molecule has 1 saturated carbocycles. The minimum absolute atomic E-state index is 0.111. The molecular formula is C17H22N2O2. The Balaban J connectivity index is 1.61. The fourth-order valence-corrected chi connectivity index (χ4v) is 2.72. The standard InChI is InChI=1S/C17H22N2O2/c1-2-9-19-15-11-20-16-10-13(3-4-14(15)16)21-12-17(5-6-17)7-8-18/h3-4,10,15,19H,2,5-7,9,11-12H2,1H3. The van der Waals surface area contributed by atoms with Crippen LogP contribution in [0.25, 0.3) is 0 Å². The summed E-state index contributed by atoms with van der Waals surface area (Å²) in [4.78, 5) is 0. The molecule has 4 heteroatoms. The molecule has 21 heavy (non-hydrogen) atoms. The van der Waals surface area contributed by atoms with Crippen LogP contribution in [0.4, 0.5) is 0 Å². The fourth-order valence-electron chi connectivity index (χ4n) is 2.72. The molecule has 1 atom stereocenters. The minimum Gasteiger partial charge on any atom is -0.493 e. The number of benzene rings is 1. The van der Waals surface area contributed by atoms with Gasteiger partial charge in [0.1, 0.15) is 18.1 Å². The van der Waals surface area contributed by atoms with Crippen molar-refractivity contribution in [1.82, 2.24) is 5.32 Å². The molecule has 0 saturated heterocycles. The van der Waals surface area contributed by atoms with E-state index in [9.17, 15) is 0 Å². The van der Waals surface area contributed by atoms with Crippen molar-refractivity contribution in [1.29, 1.82) is 5.26 Å². The number of rotatable bonds is 7. The van der Waals surface area contributed by atoms with Gasteiger partial charge in [-0.2, -0.15) is 5.26 Å². The highest BCUT2D eigenvalue weighted by molar-refractivity contribution is 5.45. The first-order valence-electron chi connectivity index (χ1n) is 7.76. The first-order valence-corrected chi connectivity index (χ1v) is 7.76. The Morgan fingerprint density at radius 1 is 1.48 bits per heavy atom. The van der Waals surface area contributed by atoms with E-state index in [1.165, 1.54) is 5.56 Å². The maximum Gasteiger partial charge on any atom is 0.127 e. The SMILES string of the molecule is CCCNC1COc2cc(OCC3(CC#N)CC3)ccc21. The van der Waals surface area contributed by atoms with Crippen molar-refractivity contribution in [2.75, 3.05) is 19.8 Å². The second-order valence-electron chi connectivity index (χ2n) is 6.14. The number of nitrogens with zero attached hydrogens (tertiary/aromatic N) is 1. The number of fused-ring (bicyclic) bond motifs is 1. The van der Waals surface area contributed by atoms with E-state index in [0.29, 0.717) is 25.7 Å². The number of ether oxygens (including phenoxy) is 2. The zero-order valence-electron chi connectivity index (χ0n) is 12.5. The average molecular weight is 286 g/mol. The predicted molar refractivity (Wildman–Crippen MR) is 80.4 cm³/mol. The summed E-state index contributed by atoms with van der Waals surface area (Å²) < 4.78 is 11.6. The van der Waals surface area contributed by atoms with Gasteiger partial charge >= 0.3 is 0 Å². The van der Waals surface area contributed by atoms with E-state index in [0.717, 1.165) is 37.3 Å². The molecule has 1 aromatic carbocycles. The molecule has 1 aromatic rings. The summed E-state index contributed by atoms with van der Waals surface area (Å²) in [7, 11) is 0. The quantitative estimate of drug-likeness (QED) is 0.836. The zero-order valence-corrected chi connectivity index (χ0v) is 12.5. The van der Waals surface area contributed by atoms with E-state index in [1.54, 1.807) is 0 Å². The van der Waals surface area contributed by atoms with Gasteiger partial charge in [0.05, 0.1) is 18.7 Å². The lowest BCUT2D eigenvalue weighted by Gasteiger charge is -2.14. The normalized spacial score (nSPS) is 21.2. The minimum atomic E-state index is 0.111. The predicted octanol–water partition coefficient (Wildman–Crippen LogP) is 3.19. The van der Waals surface area contributed by atoms with Crippen LogP contribution in [0.3, 0.4) is 0 Å². The summed E-state index contributed by atoms with van der Waals surface area (Å²) in [5.41, 5.74) is 1.33. The van der Waals surface area contributed by atoms with Gasteiger partial charge in [-0.1, -0.05) is 6.92 Å². The van der Waals surface area contributed by atoms with Crippen molar-refractivity contribution in [3.05, 3.63) is 23.8 Å². The maximum atomic E-state index is 8.83. The lowest BCUT2D eigenvalue weighted by Crippen LogP contribution is -2.22. The highest BCUT2D eigenvalue weighted by Gasteiger charge is 2.43. The van der Waals surface area contributed by atoms with Gasteiger partial charge in [-0.05, 0) is 37.9 Å². The van der Waals surface area contributed by atoms with Gasteiger partial charge in [-0.25, -0.2) is 0 Å². The lowest BCUT2D eigenvalue weighted by atomic mass is 10.1. The third-order valence-electron chi connectivity index (χ3n) is 4.36. The molecule has 1 fully saturated rings. The molecule has 0 bridgehead atoms. The van der Waals surface area contributed by atoms with Crippen LogP contribution in [0.5, 0.6) is 11.5 Å². The molecule has 1 aliphatic heterocycles. The van der Waals surface area contributed by atoms with Crippen molar-refractivity contribution < 1.29 is 9.47 Å². The first kappa shape index (κ1) is 14.2. The second-order valence-corrected chi connectivity index (χ2v) is 6.14. The van der Waals surface area contributed by atoms with Crippen molar-refractivity contribution in [3.63, 3.8) is 0 Å². The van der Waals surface area contributed by atoms with Crippen LogP contribution in [0.15, 0.2) is 18.2 Å². The van der Waals surface area contributed by atoms with Crippen LogP contribution in [0, 0.1) is 16.7 Å². The average Bonchev–Trinajstić information content (AvgIpc) is 3.15. The van der Waals surface area contributed by atoms with Crippen LogP contribution in [0.2, 0.25) is 0 Å². The third-order valence-corrected chi connectivity index (χ3v) is 4.36. The smallest absolute Gasteiger partial charge is 0.127 e. The van der Waals surface area contributed by atoms with Crippen molar-refractivity contribution in [3.8, 4) is 17.6 Å². The van der Waals surface area contributed by atoms with Crippen molar-refractivity contribution >= 4 is 0 Å². The van der Waals surface area contributed by atoms with Gasteiger partial charge in [0.15, 0.2) is 0 Å². The molecule has 0 spiro atoms. The second kappa shape index (κ2) is 5.95. The largest absolute Gasteiger partial charge is 0.493 e. The van der Waals surface area contributed by atoms with Gasteiger partial charge in [0.25, 0.3) is 0 Å². The third kappa shape index (κ3) is 3.14. The summed E-state index contributed by atoms with van der Waals surface area (Å²) in [5, 5.41) is 12.3. The molecule has 112 valence electrons. The molecule has 1 aliphatic carbocycles.